The zero-order valence-corrected chi connectivity index (χ0v) is 16.3. The summed E-state index contributed by atoms with van der Waals surface area (Å²) in [6.07, 6.45) is -5.63. The van der Waals surface area contributed by atoms with Gasteiger partial charge in [-0.25, -0.2) is 15.0 Å². The van der Waals surface area contributed by atoms with Gasteiger partial charge in [0.15, 0.2) is 17.2 Å². The SMILES string of the molecule is C[C@@]1(n2cnc3c(N)ncnc32)O[C@H](CO)[C@@H](O)[C@]1(S)C1OC[C@@H](O)[C@H](O)[C@H]1O. The highest BCUT2D eigenvalue weighted by atomic mass is 32.1. The first-order chi connectivity index (χ1) is 13.7. The van der Waals surface area contributed by atoms with Crippen molar-refractivity contribution in [3.8, 4) is 0 Å². The Hall–Kier alpha value is -1.58. The molecule has 4 heterocycles. The average Bonchev–Trinajstić information content (AvgIpc) is 3.22. The monoisotopic (exact) mass is 429 g/mol. The second-order valence-corrected chi connectivity index (χ2v) is 8.18. The molecule has 1 unspecified atom stereocenters. The third kappa shape index (κ3) is 2.70. The Morgan fingerprint density at radius 3 is 2.66 bits per heavy atom. The molecule has 12 nitrogen and oxygen atoms in total. The third-order valence-electron chi connectivity index (χ3n) is 5.86. The molecule has 0 spiro atoms. The molecule has 2 fully saturated rings. The van der Waals surface area contributed by atoms with Gasteiger partial charge in [-0.15, -0.1) is 0 Å². The Kier molecular flexibility index (Phi) is 4.99. The number of imidazole rings is 1. The summed E-state index contributed by atoms with van der Waals surface area (Å²) in [6, 6.07) is 0. The van der Waals surface area contributed by atoms with Crippen LogP contribution in [0.5, 0.6) is 0 Å². The fraction of sp³-hybridized carbons (Fsp3) is 0.688. The molecule has 8 atom stereocenters. The van der Waals surface area contributed by atoms with Crippen molar-refractivity contribution in [3.05, 3.63) is 12.7 Å². The van der Waals surface area contributed by atoms with Crippen LogP contribution < -0.4 is 5.73 Å². The van der Waals surface area contributed by atoms with E-state index in [0.717, 1.165) is 0 Å². The fourth-order valence-electron chi connectivity index (χ4n) is 4.19. The van der Waals surface area contributed by atoms with E-state index in [2.05, 4.69) is 15.0 Å². The summed E-state index contributed by atoms with van der Waals surface area (Å²) >= 11 is 4.69. The molecular weight excluding hydrogens is 406 g/mol. The van der Waals surface area contributed by atoms with Crippen LogP contribution in [0.15, 0.2) is 12.7 Å². The summed E-state index contributed by atoms with van der Waals surface area (Å²) in [5.41, 5.74) is 4.85. The van der Waals surface area contributed by atoms with Crippen molar-refractivity contribution in [2.45, 2.75) is 54.0 Å². The highest BCUT2D eigenvalue weighted by Crippen LogP contribution is 2.53. The highest BCUT2D eigenvalue weighted by molar-refractivity contribution is 7.82. The summed E-state index contributed by atoms with van der Waals surface area (Å²) in [4.78, 5) is 12.3. The first kappa shape index (κ1) is 20.7. The molecule has 2 aromatic rings. The zero-order chi connectivity index (χ0) is 21.1. The molecule has 2 aromatic heterocycles. The topological polar surface area (TPSA) is 189 Å². The summed E-state index contributed by atoms with van der Waals surface area (Å²) in [6.45, 7) is 0.722. The Labute approximate surface area is 170 Å². The van der Waals surface area contributed by atoms with E-state index in [4.69, 9.17) is 27.8 Å². The molecule has 0 bridgehead atoms. The van der Waals surface area contributed by atoms with Crippen LogP contribution in [-0.2, 0) is 15.2 Å². The van der Waals surface area contributed by atoms with E-state index in [0.29, 0.717) is 0 Å². The number of nitrogens with two attached hydrogens (primary N) is 1. The Morgan fingerprint density at radius 1 is 1.24 bits per heavy atom. The molecule has 29 heavy (non-hydrogen) atoms. The van der Waals surface area contributed by atoms with Crippen molar-refractivity contribution in [1.29, 1.82) is 0 Å². The normalized spacial score (nSPS) is 43.1. The largest absolute Gasteiger partial charge is 0.394 e. The molecule has 160 valence electrons. The maximum atomic E-state index is 11.0. The Bertz CT molecular complexity index is 917. The van der Waals surface area contributed by atoms with Crippen LogP contribution in [0.4, 0.5) is 5.82 Å². The number of nitrogen functional groups attached to an aromatic ring is 1. The molecule has 2 saturated heterocycles. The van der Waals surface area contributed by atoms with E-state index in [9.17, 15) is 25.5 Å². The van der Waals surface area contributed by atoms with Crippen LogP contribution in [0.25, 0.3) is 11.2 Å². The molecule has 2 aliphatic heterocycles. The predicted molar refractivity (Wildman–Crippen MR) is 101 cm³/mol. The van der Waals surface area contributed by atoms with Gasteiger partial charge in [0.25, 0.3) is 0 Å². The van der Waals surface area contributed by atoms with Gasteiger partial charge < -0.3 is 40.7 Å². The van der Waals surface area contributed by atoms with Gasteiger partial charge in [0, 0.05) is 0 Å². The van der Waals surface area contributed by atoms with Crippen LogP contribution >= 0.6 is 12.6 Å². The van der Waals surface area contributed by atoms with Crippen molar-refractivity contribution in [3.63, 3.8) is 0 Å². The number of aliphatic hydroxyl groups excluding tert-OH is 5. The lowest BCUT2D eigenvalue weighted by molar-refractivity contribution is -0.217. The molecule has 0 aliphatic carbocycles. The lowest BCUT2D eigenvalue weighted by Gasteiger charge is -2.49. The predicted octanol–water partition coefficient (Wildman–Crippen LogP) is -3.02. The number of ether oxygens (including phenoxy) is 2. The summed E-state index contributed by atoms with van der Waals surface area (Å²) in [7, 11) is 0. The smallest absolute Gasteiger partial charge is 0.167 e. The summed E-state index contributed by atoms with van der Waals surface area (Å²) in [5.74, 6) is 0.131. The molecule has 0 radical (unpaired) electrons. The Balaban J connectivity index is 1.89. The van der Waals surface area contributed by atoms with Gasteiger partial charge in [-0.3, -0.25) is 4.57 Å². The van der Waals surface area contributed by atoms with Crippen molar-refractivity contribution < 1.29 is 35.0 Å². The van der Waals surface area contributed by atoms with E-state index >= 15 is 0 Å². The minimum atomic E-state index is -1.70. The molecule has 13 heteroatoms. The van der Waals surface area contributed by atoms with Crippen LogP contribution in [0.3, 0.4) is 0 Å². The van der Waals surface area contributed by atoms with Gasteiger partial charge in [-0.2, -0.15) is 12.6 Å². The fourth-order valence-corrected chi connectivity index (χ4v) is 4.74. The number of aromatic nitrogens is 4. The van der Waals surface area contributed by atoms with E-state index < -0.39 is 53.7 Å². The first-order valence-corrected chi connectivity index (χ1v) is 9.40. The van der Waals surface area contributed by atoms with Gasteiger partial charge in [-0.05, 0) is 6.92 Å². The van der Waals surface area contributed by atoms with E-state index in [1.54, 1.807) is 6.92 Å². The maximum Gasteiger partial charge on any atom is 0.167 e. The van der Waals surface area contributed by atoms with Gasteiger partial charge in [0.1, 0.15) is 53.2 Å². The van der Waals surface area contributed by atoms with E-state index in [1.165, 1.54) is 17.2 Å². The van der Waals surface area contributed by atoms with Gasteiger partial charge in [-0.1, -0.05) is 0 Å². The Morgan fingerprint density at radius 2 is 1.97 bits per heavy atom. The maximum absolute atomic E-state index is 11.0. The number of hydrogen-bond acceptors (Lipinski definition) is 12. The number of thiol groups is 1. The van der Waals surface area contributed by atoms with Crippen LogP contribution in [0.1, 0.15) is 6.92 Å². The zero-order valence-electron chi connectivity index (χ0n) is 15.4. The van der Waals surface area contributed by atoms with Crippen molar-refractivity contribution in [2.75, 3.05) is 18.9 Å². The third-order valence-corrected chi connectivity index (χ3v) is 6.80. The van der Waals surface area contributed by atoms with Gasteiger partial charge >= 0.3 is 0 Å². The molecule has 0 amide bonds. The van der Waals surface area contributed by atoms with Crippen molar-refractivity contribution in [1.82, 2.24) is 19.5 Å². The first-order valence-electron chi connectivity index (χ1n) is 8.95. The lowest BCUT2D eigenvalue weighted by atomic mass is 9.80. The van der Waals surface area contributed by atoms with Crippen molar-refractivity contribution >= 4 is 29.6 Å². The van der Waals surface area contributed by atoms with Crippen LogP contribution in [0, 0.1) is 0 Å². The van der Waals surface area contributed by atoms with Crippen LogP contribution in [0.2, 0.25) is 0 Å². The summed E-state index contributed by atoms with van der Waals surface area (Å²) in [5, 5.41) is 51.3. The molecule has 7 N–H and O–H groups in total. The second kappa shape index (κ2) is 6.99. The van der Waals surface area contributed by atoms with E-state index in [-0.39, 0.29) is 23.6 Å². The van der Waals surface area contributed by atoms with Crippen LogP contribution in [-0.4, -0.2) is 99.6 Å². The molecule has 0 saturated carbocycles. The molecule has 0 aromatic carbocycles. The van der Waals surface area contributed by atoms with E-state index in [1.807, 2.05) is 0 Å². The number of aliphatic hydroxyl groups is 5. The summed E-state index contributed by atoms with van der Waals surface area (Å²) < 4.78 is 11.4. The minimum absolute atomic E-state index is 0.131. The number of fused-ring (bicyclic) bond motifs is 1. The average molecular weight is 429 g/mol. The number of anilines is 1. The molecule has 4 rings (SSSR count). The molecular formula is C16H23N5O7S. The van der Waals surface area contributed by atoms with Gasteiger partial charge in [0.2, 0.25) is 0 Å². The highest BCUT2D eigenvalue weighted by Gasteiger charge is 2.69. The quantitative estimate of drug-likeness (QED) is 0.246. The number of nitrogens with zero attached hydrogens (tertiary/aromatic N) is 4. The second-order valence-electron chi connectivity index (χ2n) is 7.44. The van der Waals surface area contributed by atoms with Gasteiger partial charge in [0.05, 0.1) is 19.5 Å². The number of hydrogen-bond donors (Lipinski definition) is 7. The minimum Gasteiger partial charge on any atom is -0.394 e. The number of rotatable bonds is 3. The standard InChI is InChI=1S/C16H23N5O7S/c1-15(21-5-20-8-13(17)18-4-19-14(8)21)16(29,11(26)7(2-22)28-15)12-10(25)9(24)6(23)3-27-12/h4-7,9-12,22-26,29H,2-3H2,1H3,(H2,17,18,19)/t6-,7-,9+,10-,11-,12?,15-,16+/m1/s1. The molecule has 2 aliphatic rings. The van der Waals surface area contributed by atoms with Crippen molar-refractivity contribution in [2.24, 2.45) is 0 Å². The lowest BCUT2D eigenvalue weighted by Crippen LogP contribution is -2.68.